The topological polar surface area (TPSA) is 70.7 Å². The van der Waals surface area contributed by atoms with Crippen LogP contribution < -0.4 is 0 Å². The second kappa shape index (κ2) is 9.76. The number of benzene rings is 1. The molecular weight excluding hydrogens is 480 g/mol. The normalized spacial score (nSPS) is 28.8. The molecule has 0 amide bonds. The smallest absolute Gasteiger partial charge is 0.318 e. The lowest BCUT2D eigenvalue weighted by Crippen LogP contribution is -2.45. The van der Waals surface area contributed by atoms with Crippen LogP contribution in [0.25, 0.3) is 16.9 Å². The number of carboxylic acid groups (broad SMARTS) is 1. The Bertz CT molecular complexity index is 1340. The quantitative estimate of drug-likeness (QED) is 0.434. The van der Waals surface area contributed by atoms with Gasteiger partial charge < -0.3 is 10.0 Å². The first-order chi connectivity index (χ1) is 18.0. The van der Waals surface area contributed by atoms with Crippen LogP contribution in [0.3, 0.4) is 0 Å². The van der Waals surface area contributed by atoms with Gasteiger partial charge in [-0.2, -0.15) is 5.10 Å². The molecule has 2 atom stereocenters. The van der Waals surface area contributed by atoms with E-state index in [9.17, 15) is 9.90 Å². The summed E-state index contributed by atoms with van der Waals surface area (Å²) in [5.41, 5.74) is 5.95. The predicted octanol–water partition coefficient (Wildman–Crippen LogP) is 5.81. The molecule has 6 rings (SSSR count). The molecule has 0 saturated heterocycles. The molecule has 2 aliphatic heterocycles. The van der Waals surface area contributed by atoms with E-state index < -0.39 is 16.6 Å². The van der Waals surface area contributed by atoms with Crippen molar-refractivity contribution in [3.05, 3.63) is 77.0 Å². The van der Waals surface area contributed by atoms with Gasteiger partial charge in [0.25, 0.3) is 0 Å². The Morgan fingerprint density at radius 1 is 1.14 bits per heavy atom. The number of rotatable bonds is 5. The van der Waals surface area contributed by atoms with Gasteiger partial charge in [0.05, 0.1) is 17.3 Å². The number of carboxylic acids is 1. The van der Waals surface area contributed by atoms with Gasteiger partial charge >= 0.3 is 5.97 Å². The van der Waals surface area contributed by atoms with Crippen molar-refractivity contribution in [2.45, 2.75) is 49.7 Å². The maximum atomic E-state index is 12.7. The fraction of sp³-hybridized carbons (Fsp3) is 0.433. The van der Waals surface area contributed by atoms with E-state index in [1.807, 2.05) is 23.7 Å². The molecule has 2 unspecified atom stereocenters. The summed E-state index contributed by atoms with van der Waals surface area (Å²) in [5.74, 6) is 0.587. The van der Waals surface area contributed by atoms with Crippen LogP contribution in [0.4, 0.5) is 0 Å². The summed E-state index contributed by atoms with van der Waals surface area (Å²) < 4.78 is 1.78. The van der Waals surface area contributed by atoms with Crippen molar-refractivity contribution in [3.8, 4) is 11.3 Å². The molecule has 192 valence electrons. The predicted molar refractivity (Wildman–Crippen MR) is 149 cm³/mol. The lowest BCUT2D eigenvalue weighted by Gasteiger charge is -2.43. The van der Waals surface area contributed by atoms with Gasteiger partial charge in [0, 0.05) is 24.8 Å². The fourth-order valence-corrected chi connectivity index (χ4v) is 7.76. The van der Waals surface area contributed by atoms with Crippen molar-refractivity contribution in [1.29, 1.82) is 0 Å². The van der Waals surface area contributed by atoms with Gasteiger partial charge in [0.1, 0.15) is 5.25 Å². The second-order valence-corrected chi connectivity index (χ2v) is 12.0. The molecule has 7 heteroatoms. The van der Waals surface area contributed by atoms with E-state index in [2.05, 4.69) is 54.3 Å². The van der Waals surface area contributed by atoms with Crippen molar-refractivity contribution >= 4 is 23.4 Å². The van der Waals surface area contributed by atoms with Crippen LogP contribution in [0.5, 0.6) is 0 Å². The van der Waals surface area contributed by atoms with E-state index in [4.69, 9.17) is 4.98 Å². The number of allylic oxidation sites excluding steroid dienone is 1. The number of imidazole rings is 1. The average molecular weight is 515 g/mol. The second-order valence-electron chi connectivity index (χ2n) is 11.0. The van der Waals surface area contributed by atoms with Crippen molar-refractivity contribution in [2.75, 3.05) is 20.1 Å². The summed E-state index contributed by atoms with van der Waals surface area (Å²) in [7, 11) is 2.20. The first-order valence-corrected chi connectivity index (χ1v) is 14.3. The maximum absolute atomic E-state index is 12.7. The zero-order valence-corrected chi connectivity index (χ0v) is 22.3. The number of likely N-dealkylation sites (N-methyl/N-ethyl adjacent to an activating group) is 1. The standard InChI is InChI=1S/C30H34N4O2S/c1-20-5-7-21(8-6-20)24-18-33(2)16-13-25(24)30(14-17-37-28(30)29(35)36)23-11-9-22(10-12-23)26-19-34-27(32-26)4-3-15-31-34/h3-4,9-12,14-15,17,19-21,28H,5-8,13,16,18H2,1-2H3,(H,35,36). The summed E-state index contributed by atoms with van der Waals surface area (Å²) in [6.07, 6.45) is 11.7. The molecule has 0 radical (unpaired) electrons. The van der Waals surface area contributed by atoms with Gasteiger partial charge in [-0.25, -0.2) is 9.50 Å². The van der Waals surface area contributed by atoms with Crippen molar-refractivity contribution in [2.24, 2.45) is 11.8 Å². The highest BCUT2D eigenvalue weighted by atomic mass is 32.2. The van der Waals surface area contributed by atoms with Crippen LogP contribution >= 0.6 is 11.8 Å². The lowest BCUT2D eigenvalue weighted by atomic mass is 9.65. The fourth-order valence-electron chi connectivity index (χ4n) is 6.63. The van der Waals surface area contributed by atoms with E-state index in [1.54, 1.807) is 10.7 Å². The van der Waals surface area contributed by atoms with Gasteiger partial charge in [0.15, 0.2) is 5.65 Å². The first-order valence-electron chi connectivity index (χ1n) is 13.3. The minimum absolute atomic E-state index is 0.545. The molecule has 1 N–H and O–H groups in total. The molecule has 6 nitrogen and oxygen atoms in total. The van der Waals surface area contributed by atoms with E-state index in [-0.39, 0.29) is 0 Å². The highest BCUT2D eigenvalue weighted by Gasteiger charge is 2.50. The SMILES string of the molecule is CC1CCC(C2=C(C3(c4ccc(-c5cn6ncccc6n5)cc4)C=CSC3C(=O)O)CCN(C)C2)CC1. The Balaban J connectivity index is 1.45. The van der Waals surface area contributed by atoms with Crippen LogP contribution in [-0.4, -0.2) is 56.0 Å². The Morgan fingerprint density at radius 3 is 2.65 bits per heavy atom. The molecular formula is C30H34N4O2S. The number of hydrogen-bond donors (Lipinski definition) is 1. The number of carbonyl (C=O) groups is 1. The van der Waals surface area contributed by atoms with Gasteiger partial charge in [-0.3, -0.25) is 4.79 Å². The Morgan fingerprint density at radius 2 is 1.92 bits per heavy atom. The number of aliphatic carboxylic acids is 1. The minimum Gasteiger partial charge on any atom is -0.480 e. The molecule has 0 bridgehead atoms. The molecule has 1 fully saturated rings. The summed E-state index contributed by atoms with van der Waals surface area (Å²) in [4.78, 5) is 19.8. The summed E-state index contributed by atoms with van der Waals surface area (Å²) in [5, 5.41) is 16.2. The highest BCUT2D eigenvalue weighted by Crippen LogP contribution is 2.53. The number of aromatic nitrogens is 3. The summed E-state index contributed by atoms with van der Waals surface area (Å²) in [6, 6.07) is 12.3. The highest BCUT2D eigenvalue weighted by molar-refractivity contribution is 8.03. The zero-order valence-electron chi connectivity index (χ0n) is 21.5. The molecule has 37 heavy (non-hydrogen) atoms. The third-order valence-electron chi connectivity index (χ3n) is 8.66. The molecule has 3 aliphatic rings. The van der Waals surface area contributed by atoms with Crippen LogP contribution in [0.15, 0.2) is 71.4 Å². The van der Waals surface area contributed by atoms with Crippen molar-refractivity contribution in [1.82, 2.24) is 19.5 Å². The van der Waals surface area contributed by atoms with Crippen LogP contribution in [-0.2, 0) is 10.2 Å². The Labute approximate surface area is 222 Å². The summed E-state index contributed by atoms with van der Waals surface area (Å²) in [6.45, 7) is 4.26. The monoisotopic (exact) mass is 514 g/mol. The molecule has 3 aromatic rings. The van der Waals surface area contributed by atoms with Crippen LogP contribution in [0.2, 0.25) is 0 Å². The van der Waals surface area contributed by atoms with Gasteiger partial charge in [-0.15, -0.1) is 11.8 Å². The third-order valence-corrected chi connectivity index (χ3v) is 9.80. The van der Waals surface area contributed by atoms with E-state index in [0.29, 0.717) is 5.92 Å². The number of nitrogens with zero attached hydrogens (tertiary/aromatic N) is 4. The molecule has 4 heterocycles. The minimum atomic E-state index is -0.742. The Hall–Kier alpha value is -2.90. The zero-order chi connectivity index (χ0) is 25.6. The molecule has 1 aliphatic carbocycles. The van der Waals surface area contributed by atoms with Crippen molar-refractivity contribution in [3.63, 3.8) is 0 Å². The summed E-state index contributed by atoms with van der Waals surface area (Å²) >= 11 is 1.45. The molecule has 0 spiro atoms. The van der Waals surface area contributed by atoms with Gasteiger partial charge in [-0.05, 0) is 61.3 Å². The van der Waals surface area contributed by atoms with E-state index in [0.717, 1.165) is 47.9 Å². The average Bonchev–Trinajstić information content (AvgIpc) is 3.55. The van der Waals surface area contributed by atoms with E-state index >= 15 is 0 Å². The third kappa shape index (κ3) is 4.32. The number of fused-ring (bicyclic) bond motifs is 1. The van der Waals surface area contributed by atoms with Crippen LogP contribution in [0.1, 0.15) is 44.6 Å². The maximum Gasteiger partial charge on any atom is 0.318 e. The lowest BCUT2D eigenvalue weighted by molar-refractivity contribution is -0.137. The van der Waals surface area contributed by atoms with Crippen LogP contribution in [0, 0.1) is 11.8 Å². The molecule has 2 aromatic heterocycles. The van der Waals surface area contributed by atoms with Crippen molar-refractivity contribution < 1.29 is 9.90 Å². The number of thioether (sulfide) groups is 1. The number of hydrogen-bond acceptors (Lipinski definition) is 5. The van der Waals surface area contributed by atoms with Gasteiger partial charge in [-0.1, -0.05) is 61.3 Å². The molecule has 1 aromatic carbocycles. The van der Waals surface area contributed by atoms with Gasteiger partial charge in [0.2, 0.25) is 0 Å². The van der Waals surface area contributed by atoms with E-state index in [1.165, 1.54) is 48.6 Å². The first kappa shape index (κ1) is 24.4. The largest absolute Gasteiger partial charge is 0.480 e. The Kier molecular flexibility index (Phi) is 6.45. The molecule has 1 saturated carbocycles.